The van der Waals surface area contributed by atoms with Crippen LogP contribution in [0.2, 0.25) is 10.0 Å². The molecule has 5 heteroatoms. The van der Waals surface area contributed by atoms with Crippen molar-refractivity contribution in [1.29, 1.82) is 0 Å². The third-order valence-electron chi connectivity index (χ3n) is 2.04. The predicted molar refractivity (Wildman–Crippen MR) is 56.6 cm³/mol. The normalized spacial score (nSPS) is 15.9. The zero-order chi connectivity index (χ0) is 10.1. The third kappa shape index (κ3) is 1.79. The van der Waals surface area contributed by atoms with Crippen LogP contribution in [0.5, 0.6) is 0 Å². The van der Waals surface area contributed by atoms with Gasteiger partial charge in [0.05, 0.1) is 15.7 Å². The summed E-state index contributed by atoms with van der Waals surface area (Å²) in [5.41, 5.74) is 3.56. The Labute approximate surface area is 91.6 Å². The van der Waals surface area contributed by atoms with E-state index in [2.05, 4.69) is 5.43 Å². The summed E-state index contributed by atoms with van der Waals surface area (Å²) in [5.74, 6) is 0.0241. The van der Waals surface area contributed by atoms with Gasteiger partial charge in [-0.15, -0.1) is 0 Å². The molecule has 1 aromatic rings. The average Bonchev–Trinajstić information content (AvgIpc) is 2.57. The van der Waals surface area contributed by atoms with Crippen LogP contribution in [-0.4, -0.2) is 12.5 Å². The minimum atomic E-state index is 0.0241. The summed E-state index contributed by atoms with van der Waals surface area (Å²) < 4.78 is 0. The molecule has 3 nitrogen and oxygen atoms in total. The summed E-state index contributed by atoms with van der Waals surface area (Å²) in [5, 5.41) is 2.76. The van der Waals surface area contributed by atoms with E-state index in [1.54, 1.807) is 17.1 Å². The molecule has 0 unspecified atom stereocenters. The van der Waals surface area contributed by atoms with E-state index in [0.29, 0.717) is 23.0 Å². The van der Waals surface area contributed by atoms with E-state index in [0.717, 1.165) is 5.69 Å². The molecule has 0 spiro atoms. The Balaban J connectivity index is 2.24. The Kier molecular flexibility index (Phi) is 2.52. The van der Waals surface area contributed by atoms with Gasteiger partial charge in [0.15, 0.2) is 0 Å². The zero-order valence-electron chi connectivity index (χ0n) is 7.26. The molecule has 0 aliphatic carbocycles. The van der Waals surface area contributed by atoms with E-state index in [1.807, 2.05) is 6.07 Å². The first kappa shape index (κ1) is 9.62. The molecular formula is C9H8Cl2N2O. The van der Waals surface area contributed by atoms with Gasteiger partial charge in [0.1, 0.15) is 0 Å². The highest BCUT2D eigenvalue weighted by molar-refractivity contribution is 6.42. The highest BCUT2D eigenvalue weighted by Gasteiger charge is 2.18. The summed E-state index contributed by atoms with van der Waals surface area (Å²) in [6.07, 6.45) is 0.514. The molecule has 1 saturated heterocycles. The molecule has 1 N–H and O–H groups in total. The van der Waals surface area contributed by atoms with Crippen LogP contribution in [0.15, 0.2) is 18.2 Å². The van der Waals surface area contributed by atoms with Crippen LogP contribution < -0.4 is 10.4 Å². The summed E-state index contributed by atoms with van der Waals surface area (Å²) in [6.45, 7) is 0.663. The fourth-order valence-electron chi connectivity index (χ4n) is 1.32. The van der Waals surface area contributed by atoms with E-state index in [9.17, 15) is 4.79 Å². The number of carbonyl (C=O) groups excluding carboxylic acids is 1. The first-order valence-electron chi connectivity index (χ1n) is 4.19. The zero-order valence-corrected chi connectivity index (χ0v) is 8.77. The second-order valence-electron chi connectivity index (χ2n) is 3.04. The molecule has 0 atom stereocenters. The van der Waals surface area contributed by atoms with Crippen LogP contribution >= 0.6 is 23.2 Å². The van der Waals surface area contributed by atoms with Crippen molar-refractivity contribution in [2.75, 3.05) is 11.6 Å². The van der Waals surface area contributed by atoms with Crippen molar-refractivity contribution in [1.82, 2.24) is 5.43 Å². The number of amides is 1. The summed E-state index contributed by atoms with van der Waals surface area (Å²) >= 11 is 11.6. The van der Waals surface area contributed by atoms with Crippen molar-refractivity contribution in [3.63, 3.8) is 0 Å². The van der Waals surface area contributed by atoms with E-state index >= 15 is 0 Å². The maximum Gasteiger partial charge on any atom is 0.240 e. The molecule has 74 valence electrons. The van der Waals surface area contributed by atoms with Gasteiger partial charge in [-0.1, -0.05) is 23.2 Å². The Bertz CT molecular complexity index is 381. The van der Waals surface area contributed by atoms with Crippen molar-refractivity contribution in [3.05, 3.63) is 28.2 Å². The van der Waals surface area contributed by atoms with Crippen LogP contribution in [0.3, 0.4) is 0 Å². The van der Waals surface area contributed by atoms with Crippen molar-refractivity contribution in [2.45, 2.75) is 6.42 Å². The molecule has 1 aliphatic heterocycles. The van der Waals surface area contributed by atoms with Gasteiger partial charge >= 0.3 is 0 Å². The largest absolute Gasteiger partial charge is 0.285 e. The number of hydrogen-bond acceptors (Lipinski definition) is 2. The first-order chi connectivity index (χ1) is 6.66. The lowest BCUT2D eigenvalue weighted by molar-refractivity contribution is -0.119. The van der Waals surface area contributed by atoms with Crippen molar-refractivity contribution in [3.8, 4) is 0 Å². The molecule has 2 rings (SSSR count). The summed E-state index contributed by atoms with van der Waals surface area (Å²) in [6, 6.07) is 5.26. The smallest absolute Gasteiger partial charge is 0.240 e. The van der Waals surface area contributed by atoms with E-state index in [1.165, 1.54) is 0 Å². The first-order valence-corrected chi connectivity index (χ1v) is 4.94. The molecule has 0 radical (unpaired) electrons. The minimum Gasteiger partial charge on any atom is -0.285 e. The number of benzene rings is 1. The van der Waals surface area contributed by atoms with E-state index in [4.69, 9.17) is 23.2 Å². The minimum absolute atomic E-state index is 0.0241. The SMILES string of the molecule is O=C1CCN(c2ccc(Cl)c(Cl)c2)N1. The Morgan fingerprint density at radius 1 is 1.29 bits per heavy atom. The number of carbonyl (C=O) groups is 1. The molecule has 0 aromatic heterocycles. The number of anilines is 1. The average molecular weight is 231 g/mol. The highest BCUT2D eigenvalue weighted by Crippen LogP contribution is 2.27. The van der Waals surface area contributed by atoms with Gasteiger partial charge in [0.25, 0.3) is 0 Å². The molecule has 1 aliphatic rings. The molecule has 1 fully saturated rings. The predicted octanol–water partition coefficient (Wildman–Crippen LogP) is 2.23. The lowest BCUT2D eigenvalue weighted by Crippen LogP contribution is -2.32. The van der Waals surface area contributed by atoms with Crippen LogP contribution in [0.4, 0.5) is 5.69 Å². The maximum absolute atomic E-state index is 11.0. The molecule has 0 bridgehead atoms. The van der Waals surface area contributed by atoms with Crippen LogP contribution in [-0.2, 0) is 4.79 Å². The summed E-state index contributed by atoms with van der Waals surface area (Å²) in [4.78, 5) is 11.0. The lowest BCUT2D eigenvalue weighted by Gasteiger charge is -2.17. The second kappa shape index (κ2) is 3.67. The van der Waals surface area contributed by atoms with Crippen LogP contribution in [0, 0.1) is 0 Å². The van der Waals surface area contributed by atoms with Crippen molar-refractivity contribution < 1.29 is 4.79 Å². The number of nitrogens with zero attached hydrogens (tertiary/aromatic N) is 1. The molecule has 1 heterocycles. The van der Waals surface area contributed by atoms with E-state index in [-0.39, 0.29) is 5.91 Å². The van der Waals surface area contributed by atoms with Crippen LogP contribution in [0.1, 0.15) is 6.42 Å². The molecule has 0 saturated carbocycles. The molecule has 1 aromatic carbocycles. The lowest BCUT2D eigenvalue weighted by atomic mass is 10.3. The molecular weight excluding hydrogens is 223 g/mol. The molecule has 1 amide bonds. The monoisotopic (exact) mass is 230 g/mol. The Morgan fingerprint density at radius 3 is 2.64 bits per heavy atom. The van der Waals surface area contributed by atoms with Gasteiger partial charge in [-0.2, -0.15) is 0 Å². The van der Waals surface area contributed by atoms with Gasteiger partial charge < -0.3 is 0 Å². The van der Waals surface area contributed by atoms with Gasteiger partial charge in [0, 0.05) is 13.0 Å². The van der Waals surface area contributed by atoms with Crippen molar-refractivity contribution in [2.24, 2.45) is 0 Å². The van der Waals surface area contributed by atoms with Crippen LogP contribution in [0.25, 0.3) is 0 Å². The summed E-state index contributed by atoms with van der Waals surface area (Å²) in [7, 11) is 0. The number of nitrogens with one attached hydrogen (secondary N) is 1. The number of hydrazine groups is 1. The standard InChI is InChI=1S/C9H8Cl2N2O/c10-7-2-1-6(5-8(7)11)13-4-3-9(14)12-13/h1-2,5H,3-4H2,(H,12,14). The van der Waals surface area contributed by atoms with Gasteiger partial charge in [-0.3, -0.25) is 15.2 Å². The Morgan fingerprint density at radius 2 is 2.07 bits per heavy atom. The third-order valence-corrected chi connectivity index (χ3v) is 2.78. The second-order valence-corrected chi connectivity index (χ2v) is 3.85. The topological polar surface area (TPSA) is 32.3 Å². The number of halogens is 2. The highest BCUT2D eigenvalue weighted by atomic mass is 35.5. The van der Waals surface area contributed by atoms with Gasteiger partial charge in [-0.25, -0.2) is 0 Å². The van der Waals surface area contributed by atoms with Gasteiger partial charge in [0.2, 0.25) is 5.91 Å². The van der Waals surface area contributed by atoms with E-state index < -0.39 is 0 Å². The maximum atomic E-state index is 11.0. The van der Waals surface area contributed by atoms with Crippen molar-refractivity contribution >= 4 is 34.8 Å². The number of hydrogen-bond donors (Lipinski definition) is 1. The fourth-order valence-corrected chi connectivity index (χ4v) is 1.61. The Hall–Kier alpha value is -0.930. The molecule has 14 heavy (non-hydrogen) atoms. The quantitative estimate of drug-likeness (QED) is 0.803. The van der Waals surface area contributed by atoms with Gasteiger partial charge in [-0.05, 0) is 18.2 Å². The fraction of sp³-hybridized carbons (Fsp3) is 0.222. The number of rotatable bonds is 1.